The van der Waals surface area contributed by atoms with Gasteiger partial charge in [0.05, 0.1) is 11.8 Å². The predicted molar refractivity (Wildman–Crippen MR) is 111 cm³/mol. The van der Waals surface area contributed by atoms with Gasteiger partial charge in [-0.1, -0.05) is 24.3 Å². The average molecular weight is 398 g/mol. The molecule has 1 unspecified atom stereocenters. The van der Waals surface area contributed by atoms with Crippen molar-refractivity contribution in [2.45, 2.75) is 13.0 Å². The number of fused-ring (bicyclic) bond motifs is 1. The molecule has 0 bridgehead atoms. The number of hydrogen-bond acceptors (Lipinski definition) is 6. The molecule has 148 valence electrons. The molecular formula is C22H18N6O2. The average Bonchev–Trinajstić information content (AvgIpc) is 3.44. The van der Waals surface area contributed by atoms with Crippen molar-refractivity contribution in [2.24, 2.45) is 0 Å². The van der Waals surface area contributed by atoms with E-state index in [9.17, 15) is 4.79 Å². The number of rotatable bonds is 4. The monoisotopic (exact) mass is 398 g/mol. The van der Waals surface area contributed by atoms with Crippen LogP contribution in [-0.2, 0) is 4.79 Å². The Hall–Kier alpha value is -4.20. The van der Waals surface area contributed by atoms with Crippen molar-refractivity contribution in [3.8, 4) is 11.6 Å². The number of aromatic nitrogens is 4. The summed E-state index contributed by atoms with van der Waals surface area (Å²) in [5.41, 5.74) is 2.78. The van der Waals surface area contributed by atoms with Crippen LogP contribution >= 0.6 is 0 Å². The largest absolute Gasteiger partial charge is 0.461 e. The molecule has 0 saturated heterocycles. The summed E-state index contributed by atoms with van der Waals surface area (Å²) < 4.78 is 7.14. The molecule has 0 fully saturated rings. The summed E-state index contributed by atoms with van der Waals surface area (Å²) in [6, 6.07) is 16.2. The van der Waals surface area contributed by atoms with Gasteiger partial charge >= 0.3 is 0 Å². The van der Waals surface area contributed by atoms with Gasteiger partial charge < -0.3 is 15.1 Å². The molecule has 0 saturated carbocycles. The number of benzene rings is 1. The van der Waals surface area contributed by atoms with Crippen LogP contribution in [0.1, 0.15) is 18.5 Å². The molecule has 30 heavy (non-hydrogen) atoms. The Morgan fingerprint density at radius 2 is 2.00 bits per heavy atom. The van der Waals surface area contributed by atoms with E-state index < -0.39 is 6.04 Å². The Morgan fingerprint density at radius 3 is 2.73 bits per heavy atom. The van der Waals surface area contributed by atoms with Gasteiger partial charge in [-0.15, -0.1) is 5.10 Å². The molecule has 1 aromatic carbocycles. The highest BCUT2D eigenvalue weighted by Crippen LogP contribution is 2.36. The van der Waals surface area contributed by atoms with E-state index >= 15 is 0 Å². The molecular weight excluding hydrogens is 380 g/mol. The SMILES string of the molecule is CC1=C(C(=O)Nc2ccccc2)C(c2cccnc2)n2nc(-c3ccco3)nc2N1. The Labute approximate surface area is 172 Å². The highest BCUT2D eigenvalue weighted by molar-refractivity contribution is 6.06. The van der Waals surface area contributed by atoms with E-state index in [1.807, 2.05) is 49.4 Å². The van der Waals surface area contributed by atoms with Crippen LogP contribution in [0.4, 0.5) is 11.6 Å². The quantitative estimate of drug-likeness (QED) is 0.542. The molecule has 2 N–H and O–H groups in total. The molecule has 1 amide bonds. The number of amides is 1. The number of anilines is 2. The summed E-state index contributed by atoms with van der Waals surface area (Å²) in [7, 11) is 0. The standard InChI is InChI=1S/C22H18N6O2/c1-14-18(21(29)25-16-8-3-2-4-9-16)19(15-7-5-11-23-13-15)28-22(24-14)26-20(27-28)17-10-6-12-30-17/h2-13,19H,1H3,(H,25,29)(H,24,26,27). The zero-order valence-electron chi connectivity index (χ0n) is 16.1. The van der Waals surface area contributed by atoms with Crippen molar-refractivity contribution < 1.29 is 9.21 Å². The third kappa shape index (κ3) is 3.14. The van der Waals surface area contributed by atoms with Crippen molar-refractivity contribution in [3.05, 3.63) is 90.1 Å². The first-order chi connectivity index (χ1) is 14.7. The maximum Gasteiger partial charge on any atom is 0.255 e. The van der Waals surface area contributed by atoms with E-state index in [1.165, 1.54) is 0 Å². The minimum absolute atomic E-state index is 0.222. The molecule has 0 spiro atoms. The molecule has 3 aromatic heterocycles. The lowest BCUT2D eigenvalue weighted by molar-refractivity contribution is -0.113. The fraction of sp³-hybridized carbons (Fsp3) is 0.0909. The summed E-state index contributed by atoms with van der Waals surface area (Å²) >= 11 is 0. The van der Waals surface area contributed by atoms with Gasteiger partial charge in [0, 0.05) is 23.8 Å². The molecule has 4 heterocycles. The first-order valence-electron chi connectivity index (χ1n) is 9.45. The minimum atomic E-state index is -0.491. The number of carbonyl (C=O) groups excluding carboxylic acids is 1. The van der Waals surface area contributed by atoms with Crippen LogP contribution < -0.4 is 10.6 Å². The Balaban J connectivity index is 1.60. The smallest absolute Gasteiger partial charge is 0.255 e. The van der Waals surface area contributed by atoms with Crippen LogP contribution in [0.2, 0.25) is 0 Å². The fourth-order valence-electron chi connectivity index (χ4n) is 3.52. The van der Waals surface area contributed by atoms with Crippen LogP contribution in [0, 0.1) is 0 Å². The van der Waals surface area contributed by atoms with Gasteiger partial charge in [0.1, 0.15) is 6.04 Å². The van der Waals surface area contributed by atoms with Crippen molar-refractivity contribution in [1.29, 1.82) is 0 Å². The van der Waals surface area contributed by atoms with Gasteiger partial charge in [-0.25, -0.2) is 4.68 Å². The summed E-state index contributed by atoms with van der Waals surface area (Å²) in [5.74, 6) is 1.30. The maximum absolute atomic E-state index is 13.3. The van der Waals surface area contributed by atoms with Crippen LogP contribution in [0.25, 0.3) is 11.6 Å². The van der Waals surface area contributed by atoms with Gasteiger partial charge in [-0.05, 0) is 42.8 Å². The molecule has 4 aromatic rings. The Morgan fingerprint density at radius 1 is 1.13 bits per heavy atom. The molecule has 1 aliphatic rings. The number of nitrogens with zero attached hydrogens (tertiary/aromatic N) is 4. The number of hydrogen-bond donors (Lipinski definition) is 2. The fourth-order valence-corrected chi connectivity index (χ4v) is 3.52. The van der Waals surface area contributed by atoms with Gasteiger partial charge in [0.25, 0.3) is 5.91 Å². The van der Waals surface area contributed by atoms with E-state index in [1.54, 1.807) is 35.5 Å². The number of nitrogens with one attached hydrogen (secondary N) is 2. The van der Waals surface area contributed by atoms with Crippen LogP contribution in [-0.4, -0.2) is 25.7 Å². The van der Waals surface area contributed by atoms with Crippen LogP contribution in [0.3, 0.4) is 0 Å². The van der Waals surface area contributed by atoms with E-state index in [-0.39, 0.29) is 5.91 Å². The number of furan rings is 1. The van der Waals surface area contributed by atoms with Crippen molar-refractivity contribution in [2.75, 3.05) is 10.6 Å². The molecule has 0 radical (unpaired) electrons. The number of pyridine rings is 1. The second kappa shape index (κ2) is 7.32. The predicted octanol–water partition coefficient (Wildman–Crippen LogP) is 3.86. The molecule has 8 heteroatoms. The molecule has 8 nitrogen and oxygen atoms in total. The third-order valence-electron chi connectivity index (χ3n) is 4.87. The molecule has 1 atom stereocenters. The van der Waals surface area contributed by atoms with Crippen molar-refractivity contribution >= 4 is 17.5 Å². The van der Waals surface area contributed by atoms with E-state index in [2.05, 4.69) is 25.7 Å². The first-order valence-corrected chi connectivity index (χ1v) is 9.45. The molecule has 5 rings (SSSR count). The van der Waals surface area contributed by atoms with Crippen LogP contribution in [0.5, 0.6) is 0 Å². The summed E-state index contributed by atoms with van der Waals surface area (Å²) in [6.45, 7) is 1.86. The lowest BCUT2D eigenvalue weighted by Crippen LogP contribution is -2.31. The second-order valence-corrected chi connectivity index (χ2v) is 6.85. The number of carbonyl (C=O) groups is 1. The lowest BCUT2D eigenvalue weighted by atomic mass is 9.96. The van der Waals surface area contributed by atoms with Gasteiger partial charge in [-0.2, -0.15) is 4.98 Å². The van der Waals surface area contributed by atoms with E-state index in [0.29, 0.717) is 34.5 Å². The van der Waals surface area contributed by atoms with Gasteiger partial charge in [0.2, 0.25) is 11.8 Å². The highest BCUT2D eigenvalue weighted by atomic mass is 16.3. The van der Waals surface area contributed by atoms with Crippen LogP contribution in [0.15, 0.2) is 88.9 Å². The Kier molecular flexibility index (Phi) is 4.36. The van der Waals surface area contributed by atoms with E-state index in [0.717, 1.165) is 5.56 Å². The summed E-state index contributed by atoms with van der Waals surface area (Å²) in [5, 5.41) is 10.8. The van der Waals surface area contributed by atoms with Gasteiger partial charge in [0.15, 0.2) is 5.76 Å². The zero-order chi connectivity index (χ0) is 20.5. The minimum Gasteiger partial charge on any atom is -0.461 e. The van der Waals surface area contributed by atoms with E-state index in [4.69, 9.17) is 4.42 Å². The number of allylic oxidation sites excluding steroid dienone is 1. The second-order valence-electron chi connectivity index (χ2n) is 6.85. The zero-order valence-corrected chi connectivity index (χ0v) is 16.1. The third-order valence-corrected chi connectivity index (χ3v) is 4.87. The topological polar surface area (TPSA) is 97.9 Å². The Bertz CT molecular complexity index is 1210. The normalized spacial score (nSPS) is 15.4. The summed E-state index contributed by atoms with van der Waals surface area (Å²) in [4.78, 5) is 22.1. The van der Waals surface area contributed by atoms with Crippen molar-refractivity contribution in [3.63, 3.8) is 0 Å². The highest BCUT2D eigenvalue weighted by Gasteiger charge is 2.34. The van der Waals surface area contributed by atoms with Crippen molar-refractivity contribution in [1.82, 2.24) is 19.7 Å². The first kappa shape index (κ1) is 17.9. The maximum atomic E-state index is 13.3. The van der Waals surface area contributed by atoms with Gasteiger partial charge in [-0.3, -0.25) is 9.78 Å². The molecule has 0 aliphatic carbocycles. The summed E-state index contributed by atoms with van der Waals surface area (Å²) in [6.07, 6.45) is 5.00. The molecule has 1 aliphatic heterocycles. The lowest BCUT2D eigenvalue weighted by Gasteiger charge is -2.28. The number of para-hydroxylation sites is 1.